The smallest absolute Gasteiger partial charge is 0.218 e. The average Bonchev–Trinajstić information content (AvgIpc) is 3.07. The highest BCUT2D eigenvalue weighted by Crippen LogP contribution is 2.43. The van der Waals surface area contributed by atoms with E-state index in [4.69, 9.17) is 9.84 Å². The van der Waals surface area contributed by atoms with Crippen LogP contribution in [0.15, 0.2) is 23.4 Å². The quantitative estimate of drug-likeness (QED) is 0.754. The highest BCUT2D eigenvalue weighted by molar-refractivity contribution is 7.99. The number of thiophene rings is 1. The van der Waals surface area contributed by atoms with Crippen molar-refractivity contribution in [3.63, 3.8) is 0 Å². The summed E-state index contributed by atoms with van der Waals surface area (Å²) in [5, 5.41) is 12.4. The molecule has 6 heteroatoms. The maximum absolute atomic E-state index is 9.04. The Morgan fingerprint density at radius 1 is 1.45 bits per heavy atom. The summed E-state index contributed by atoms with van der Waals surface area (Å²) in [4.78, 5) is 10.1. The molecule has 4 heterocycles. The minimum atomic E-state index is 0.148. The lowest BCUT2D eigenvalue weighted by atomic mass is 10.1. The van der Waals surface area contributed by atoms with E-state index in [9.17, 15) is 0 Å². The molecule has 3 aromatic heterocycles. The molecule has 1 N–H and O–H groups in total. The van der Waals surface area contributed by atoms with E-state index in [0.717, 1.165) is 22.2 Å². The zero-order chi connectivity index (χ0) is 13.5. The van der Waals surface area contributed by atoms with Crippen molar-refractivity contribution in [2.75, 3.05) is 19.0 Å². The van der Waals surface area contributed by atoms with E-state index in [1.165, 1.54) is 21.0 Å². The van der Waals surface area contributed by atoms with Gasteiger partial charge < -0.3 is 9.84 Å². The summed E-state index contributed by atoms with van der Waals surface area (Å²) in [6.45, 7) is 0.845. The number of nitrogens with zero attached hydrogens (tertiary/aromatic N) is 2. The summed E-state index contributed by atoms with van der Waals surface area (Å²) in [6, 6.07) is 4.08. The zero-order valence-corrected chi connectivity index (χ0v) is 12.3. The third-order valence-corrected chi connectivity index (χ3v) is 5.55. The first-order valence-electron chi connectivity index (χ1n) is 6.45. The van der Waals surface area contributed by atoms with Gasteiger partial charge in [-0.1, -0.05) is 0 Å². The number of ether oxygens (including phenoxy) is 1. The third kappa shape index (κ3) is 1.79. The number of rotatable bonds is 3. The predicted molar refractivity (Wildman–Crippen MR) is 81.9 cm³/mol. The first kappa shape index (κ1) is 12.4. The first-order chi connectivity index (χ1) is 9.88. The van der Waals surface area contributed by atoms with Crippen LogP contribution in [0.2, 0.25) is 0 Å². The van der Waals surface area contributed by atoms with E-state index < -0.39 is 0 Å². The van der Waals surface area contributed by atoms with Crippen LogP contribution in [0, 0.1) is 0 Å². The fourth-order valence-electron chi connectivity index (χ4n) is 2.54. The summed E-state index contributed by atoms with van der Waals surface area (Å²) in [6.07, 6.45) is 2.73. The van der Waals surface area contributed by atoms with Gasteiger partial charge in [0.15, 0.2) is 0 Å². The fourth-order valence-corrected chi connectivity index (χ4v) is 4.56. The second kappa shape index (κ2) is 4.87. The lowest BCUT2D eigenvalue weighted by Crippen LogP contribution is -1.92. The van der Waals surface area contributed by atoms with Crippen LogP contribution < -0.4 is 4.74 Å². The second-order valence-electron chi connectivity index (χ2n) is 4.53. The Morgan fingerprint density at radius 2 is 2.40 bits per heavy atom. The van der Waals surface area contributed by atoms with Crippen molar-refractivity contribution in [1.29, 1.82) is 0 Å². The summed E-state index contributed by atoms with van der Waals surface area (Å²) in [7, 11) is 0. The Bertz CT molecular complexity index is 801. The Labute approximate surface area is 123 Å². The van der Waals surface area contributed by atoms with E-state index >= 15 is 0 Å². The number of hydrogen-bond acceptors (Lipinski definition) is 6. The number of aliphatic hydroxyl groups excluding tert-OH is 1. The molecule has 4 rings (SSSR count). The van der Waals surface area contributed by atoms with Gasteiger partial charge in [0.2, 0.25) is 5.88 Å². The van der Waals surface area contributed by atoms with Gasteiger partial charge in [-0.2, -0.15) is 0 Å². The van der Waals surface area contributed by atoms with E-state index in [-0.39, 0.29) is 6.61 Å². The topological polar surface area (TPSA) is 55.2 Å². The van der Waals surface area contributed by atoms with Gasteiger partial charge in [-0.05, 0) is 12.1 Å². The molecule has 0 aromatic carbocycles. The molecule has 0 atom stereocenters. The number of pyridine rings is 2. The van der Waals surface area contributed by atoms with Crippen molar-refractivity contribution >= 4 is 43.4 Å². The molecular weight excluding hydrogens is 292 g/mol. The van der Waals surface area contributed by atoms with Crippen LogP contribution in [0.3, 0.4) is 0 Å². The van der Waals surface area contributed by atoms with Crippen LogP contribution in [0.25, 0.3) is 20.3 Å². The molecule has 0 fully saturated rings. The molecule has 20 heavy (non-hydrogen) atoms. The SMILES string of the molecule is OCCSc1nc2c(c3c1sc1ncccc13)CCO2. The van der Waals surface area contributed by atoms with Gasteiger partial charge in [-0.3, -0.25) is 0 Å². The first-order valence-corrected chi connectivity index (χ1v) is 8.25. The van der Waals surface area contributed by atoms with E-state index in [2.05, 4.69) is 16.0 Å². The van der Waals surface area contributed by atoms with E-state index in [1.807, 2.05) is 12.3 Å². The summed E-state index contributed by atoms with van der Waals surface area (Å²) in [5.74, 6) is 1.39. The molecule has 0 unspecified atom stereocenters. The maximum atomic E-state index is 9.04. The minimum Gasteiger partial charge on any atom is -0.477 e. The lowest BCUT2D eigenvalue weighted by Gasteiger charge is -2.05. The summed E-state index contributed by atoms with van der Waals surface area (Å²) >= 11 is 3.25. The van der Waals surface area contributed by atoms with Crippen molar-refractivity contribution in [1.82, 2.24) is 9.97 Å². The molecule has 0 saturated heterocycles. The van der Waals surface area contributed by atoms with Crippen molar-refractivity contribution in [3.8, 4) is 5.88 Å². The predicted octanol–water partition coefficient (Wildman–Crippen LogP) is 2.86. The van der Waals surface area contributed by atoms with Crippen molar-refractivity contribution < 1.29 is 9.84 Å². The lowest BCUT2D eigenvalue weighted by molar-refractivity contribution is 0.322. The highest BCUT2D eigenvalue weighted by atomic mass is 32.2. The number of fused-ring (bicyclic) bond motifs is 5. The zero-order valence-electron chi connectivity index (χ0n) is 10.6. The summed E-state index contributed by atoms with van der Waals surface area (Å²) in [5.41, 5.74) is 1.20. The van der Waals surface area contributed by atoms with Gasteiger partial charge in [0, 0.05) is 34.7 Å². The van der Waals surface area contributed by atoms with Crippen LogP contribution in [-0.4, -0.2) is 34.0 Å². The minimum absolute atomic E-state index is 0.148. The normalized spacial score (nSPS) is 13.8. The Kier molecular flexibility index (Phi) is 3.02. The fraction of sp³-hybridized carbons (Fsp3) is 0.286. The average molecular weight is 304 g/mol. The van der Waals surface area contributed by atoms with Gasteiger partial charge in [-0.15, -0.1) is 23.1 Å². The molecule has 102 valence electrons. The molecule has 0 radical (unpaired) electrons. The number of aromatic nitrogens is 2. The number of thioether (sulfide) groups is 1. The molecule has 4 nitrogen and oxygen atoms in total. The van der Waals surface area contributed by atoms with Crippen LogP contribution in [0.5, 0.6) is 5.88 Å². The monoisotopic (exact) mass is 304 g/mol. The Morgan fingerprint density at radius 3 is 3.30 bits per heavy atom. The van der Waals surface area contributed by atoms with Crippen molar-refractivity contribution in [2.45, 2.75) is 11.4 Å². The standard InChI is InChI=1S/C14H12N2O2S2/c17-5-7-19-14-11-10(8-3-6-18-12(8)16-14)9-2-1-4-15-13(9)20-11/h1-2,4,17H,3,5-7H2. The molecule has 0 bridgehead atoms. The number of hydrogen-bond donors (Lipinski definition) is 1. The summed E-state index contributed by atoms with van der Waals surface area (Å²) < 4.78 is 6.81. The molecule has 0 saturated carbocycles. The molecular formula is C14H12N2O2S2. The van der Waals surface area contributed by atoms with E-state index in [0.29, 0.717) is 12.4 Å². The van der Waals surface area contributed by atoms with E-state index in [1.54, 1.807) is 23.1 Å². The van der Waals surface area contributed by atoms with Crippen molar-refractivity contribution in [2.24, 2.45) is 0 Å². The van der Waals surface area contributed by atoms with Gasteiger partial charge >= 0.3 is 0 Å². The van der Waals surface area contributed by atoms with Crippen LogP contribution in [0.1, 0.15) is 5.56 Å². The van der Waals surface area contributed by atoms with Gasteiger partial charge in [0.1, 0.15) is 9.86 Å². The largest absolute Gasteiger partial charge is 0.477 e. The molecule has 0 aliphatic carbocycles. The maximum Gasteiger partial charge on any atom is 0.218 e. The molecule has 0 spiro atoms. The Hall–Kier alpha value is -1.37. The number of aliphatic hydroxyl groups is 1. The van der Waals surface area contributed by atoms with Gasteiger partial charge in [-0.25, -0.2) is 9.97 Å². The molecule has 1 aliphatic heterocycles. The van der Waals surface area contributed by atoms with Gasteiger partial charge in [0.05, 0.1) is 17.9 Å². The third-order valence-electron chi connectivity index (χ3n) is 3.34. The van der Waals surface area contributed by atoms with Crippen LogP contribution in [0.4, 0.5) is 0 Å². The highest BCUT2D eigenvalue weighted by Gasteiger charge is 2.23. The van der Waals surface area contributed by atoms with Gasteiger partial charge in [0.25, 0.3) is 0 Å². The Balaban J connectivity index is 2.06. The molecule has 1 aliphatic rings. The second-order valence-corrected chi connectivity index (χ2v) is 6.62. The molecule has 3 aromatic rings. The molecule has 0 amide bonds. The van der Waals surface area contributed by atoms with Crippen molar-refractivity contribution in [3.05, 3.63) is 23.9 Å². The van der Waals surface area contributed by atoms with Crippen LogP contribution in [-0.2, 0) is 6.42 Å². The van der Waals surface area contributed by atoms with Crippen LogP contribution >= 0.6 is 23.1 Å².